The highest BCUT2D eigenvalue weighted by molar-refractivity contribution is 7.99. The molecule has 0 aliphatic rings. The molecule has 0 spiro atoms. The smallest absolute Gasteiger partial charge is 0.224 e. The first-order valence-corrected chi connectivity index (χ1v) is 8.97. The fourth-order valence-electron chi connectivity index (χ4n) is 2.72. The number of fused-ring (bicyclic) bond motifs is 1. The van der Waals surface area contributed by atoms with E-state index in [1.807, 2.05) is 24.5 Å². The Balaban J connectivity index is 2.11. The molecule has 1 heterocycles. The van der Waals surface area contributed by atoms with Crippen LogP contribution in [0, 0.1) is 0 Å². The number of ether oxygens (including phenoxy) is 1. The van der Waals surface area contributed by atoms with Crippen molar-refractivity contribution in [2.45, 2.75) is 11.3 Å². The van der Waals surface area contributed by atoms with Crippen LogP contribution in [0.5, 0.6) is 11.5 Å². The molecule has 1 amide bonds. The number of hydrogen-bond acceptors (Lipinski definition) is 5. The maximum Gasteiger partial charge on any atom is 0.224 e. The van der Waals surface area contributed by atoms with Gasteiger partial charge < -0.3 is 19.6 Å². The molecule has 5 nitrogen and oxygen atoms in total. The lowest BCUT2D eigenvalue weighted by molar-refractivity contribution is -0.119. The van der Waals surface area contributed by atoms with E-state index in [0.29, 0.717) is 23.5 Å². The first kappa shape index (κ1) is 17.2. The number of nitrogens with one attached hydrogen (secondary N) is 1. The van der Waals surface area contributed by atoms with Gasteiger partial charge in [-0.25, -0.2) is 0 Å². The van der Waals surface area contributed by atoms with E-state index in [2.05, 4.69) is 5.32 Å². The number of rotatable bonds is 5. The van der Waals surface area contributed by atoms with Gasteiger partial charge in [0.1, 0.15) is 17.1 Å². The number of phenols is 1. The van der Waals surface area contributed by atoms with Crippen LogP contribution in [-0.4, -0.2) is 31.4 Å². The van der Waals surface area contributed by atoms with Crippen LogP contribution < -0.4 is 10.1 Å². The molecular weight excluding hydrogens is 338 g/mol. The zero-order valence-corrected chi connectivity index (χ0v) is 15.1. The monoisotopic (exact) mass is 357 g/mol. The van der Waals surface area contributed by atoms with E-state index in [4.69, 9.17) is 9.15 Å². The van der Waals surface area contributed by atoms with Gasteiger partial charge in [0.05, 0.1) is 24.0 Å². The van der Waals surface area contributed by atoms with Crippen LogP contribution in [0.1, 0.15) is 5.56 Å². The summed E-state index contributed by atoms with van der Waals surface area (Å²) < 4.78 is 11.1. The van der Waals surface area contributed by atoms with Crippen molar-refractivity contribution in [3.8, 4) is 22.8 Å². The maximum absolute atomic E-state index is 11.6. The molecule has 25 heavy (non-hydrogen) atoms. The predicted molar refractivity (Wildman–Crippen MR) is 99.4 cm³/mol. The second kappa shape index (κ2) is 7.11. The zero-order valence-electron chi connectivity index (χ0n) is 14.3. The van der Waals surface area contributed by atoms with Crippen LogP contribution in [0.2, 0.25) is 0 Å². The van der Waals surface area contributed by atoms with E-state index in [-0.39, 0.29) is 11.7 Å². The standard InChI is InChI=1S/C19H19NO4S/c1-20-17(22)9-11-4-7-16-14(8-11)19(25-3)18(24-16)13-6-5-12(23-2)10-15(13)21/h4-8,10,21H,9H2,1-3H3,(H,20,22). The van der Waals surface area contributed by atoms with Gasteiger partial charge in [0.25, 0.3) is 0 Å². The third kappa shape index (κ3) is 3.30. The van der Waals surface area contributed by atoms with E-state index in [0.717, 1.165) is 21.4 Å². The van der Waals surface area contributed by atoms with Crippen LogP contribution in [0.3, 0.4) is 0 Å². The molecule has 1 aromatic heterocycles. The Morgan fingerprint density at radius 2 is 2.08 bits per heavy atom. The summed E-state index contributed by atoms with van der Waals surface area (Å²) in [6, 6.07) is 10.8. The van der Waals surface area contributed by atoms with Crippen LogP contribution in [0.25, 0.3) is 22.3 Å². The minimum Gasteiger partial charge on any atom is -0.507 e. The van der Waals surface area contributed by atoms with Crippen molar-refractivity contribution in [2.24, 2.45) is 0 Å². The predicted octanol–water partition coefficient (Wildman–Crippen LogP) is 3.82. The Morgan fingerprint density at radius 1 is 1.28 bits per heavy atom. The molecule has 0 radical (unpaired) electrons. The second-order valence-corrected chi connectivity index (χ2v) is 6.34. The van der Waals surface area contributed by atoms with Gasteiger partial charge in [-0.2, -0.15) is 0 Å². The number of benzene rings is 2. The molecule has 130 valence electrons. The van der Waals surface area contributed by atoms with Crippen molar-refractivity contribution in [3.05, 3.63) is 42.0 Å². The Labute approximate surface area is 150 Å². The molecular formula is C19H19NO4S. The van der Waals surface area contributed by atoms with Crippen molar-refractivity contribution in [1.82, 2.24) is 5.32 Å². The lowest BCUT2D eigenvalue weighted by Gasteiger charge is -2.06. The van der Waals surface area contributed by atoms with Crippen molar-refractivity contribution in [2.75, 3.05) is 20.4 Å². The minimum absolute atomic E-state index is 0.0402. The number of aromatic hydroxyl groups is 1. The van der Waals surface area contributed by atoms with Crippen LogP contribution in [0.4, 0.5) is 0 Å². The molecule has 2 aromatic carbocycles. The quantitative estimate of drug-likeness (QED) is 0.679. The van der Waals surface area contributed by atoms with Crippen LogP contribution in [0.15, 0.2) is 45.7 Å². The summed E-state index contributed by atoms with van der Waals surface area (Å²) in [7, 11) is 3.17. The lowest BCUT2D eigenvalue weighted by Crippen LogP contribution is -2.19. The summed E-state index contributed by atoms with van der Waals surface area (Å²) in [6.07, 6.45) is 2.27. The molecule has 0 saturated heterocycles. The van der Waals surface area contributed by atoms with Crippen molar-refractivity contribution < 1.29 is 19.1 Å². The minimum atomic E-state index is -0.0402. The highest BCUT2D eigenvalue weighted by Crippen LogP contribution is 2.43. The number of methoxy groups -OCH3 is 1. The highest BCUT2D eigenvalue weighted by atomic mass is 32.2. The van der Waals surface area contributed by atoms with Gasteiger partial charge in [0, 0.05) is 18.5 Å². The number of carbonyl (C=O) groups excluding carboxylic acids is 1. The number of phenolic OH excluding ortho intramolecular Hbond substituents is 1. The molecule has 0 atom stereocenters. The number of carbonyl (C=O) groups is 1. The average Bonchev–Trinajstić information content (AvgIpc) is 2.98. The summed E-state index contributed by atoms with van der Waals surface area (Å²) in [6.45, 7) is 0. The first-order chi connectivity index (χ1) is 12.1. The zero-order chi connectivity index (χ0) is 18.0. The van der Waals surface area contributed by atoms with Gasteiger partial charge in [-0.05, 0) is 36.1 Å². The molecule has 0 saturated carbocycles. The van der Waals surface area contributed by atoms with E-state index >= 15 is 0 Å². The average molecular weight is 357 g/mol. The Kier molecular flexibility index (Phi) is 4.90. The van der Waals surface area contributed by atoms with E-state index in [1.54, 1.807) is 44.1 Å². The Morgan fingerprint density at radius 3 is 2.72 bits per heavy atom. The Bertz CT molecular complexity index is 933. The fourth-order valence-corrected chi connectivity index (χ4v) is 3.43. The van der Waals surface area contributed by atoms with Crippen molar-refractivity contribution in [1.29, 1.82) is 0 Å². The van der Waals surface area contributed by atoms with E-state index < -0.39 is 0 Å². The fraction of sp³-hybridized carbons (Fsp3) is 0.211. The topological polar surface area (TPSA) is 71.7 Å². The van der Waals surface area contributed by atoms with Gasteiger partial charge in [-0.1, -0.05) is 6.07 Å². The van der Waals surface area contributed by atoms with Crippen LogP contribution >= 0.6 is 11.8 Å². The molecule has 3 rings (SSSR count). The molecule has 2 N–H and O–H groups in total. The molecule has 0 bridgehead atoms. The summed E-state index contributed by atoms with van der Waals surface area (Å²) in [5.74, 6) is 1.25. The van der Waals surface area contributed by atoms with Crippen LogP contribution in [-0.2, 0) is 11.2 Å². The largest absolute Gasteiger partial charge is 0.507 e. The molecule has 0 unspecified atom stereocenters. The number of amides is 1. The summed E-state index contributed by atoms with van der Waals surface area (Å²) in [4.78, 5) is 12.5. The van der Waals surface area contributed by atoms with Crippen molar-refractivity contribution in [3.63, 3.8) is 0 Å². The summed E-state index contributed by atoms with van der Waals surface area (Å²) in [5.41, 5.74) is 2.23. The number of hydrogen-bond donors (Lipinski definition) is 2. The molecule has 0 fully saturated rings. The highest BCUT2D eigenvalue weighted by Gasteiger charge is 2.19. The number of furan rings is 1. The molecule has 0 aliphatic heterocycles. The van der Waals surface area contributed by atoms with Gasteiger partial charge in [0.2, 0.25) is 5.91 Å². The third-order valence-electron chi connectivity index (χ3n) is 4.00. The van der Waals surface area contributed by atoms with Gasteiger partial charge in [0.15, 0.2) is 5.76 Å². The first-order valence-electron chi connectivity index (χ1n) is 7.74. The lowest BCUT2D eigenvalue weighted by atomic mass is 10.1. The SMILES string of the molecule is CNC(=O)Cc1ccc2oc(-c3ccc(OC)cc3O)c(SC)c2c1. The van der Waals surface area contributed by atoms with E-state index in [9.17, 15) is 9.90 Å². The van der Waals surface area contributed by atoms with Gasteiger partial charge in [-0.15, -0.1) is 11.8 Å². The molecule has 6 heteroatoms. The molecule has 0 aliphatic carbocycles. The number of thioether (sulfide) groups is 1. The maximum atomic E-state index is 11.6. The third-order valence-corrected chi connectivity index (χ3v) is 4.82. The van der Waals surface area contributed by atoms with Gasteiger partial charge >= 0.3 is 0 Å². The normalized spacial score (nSPS) is 10.8. The molecule has 3 aromatic rings. The number of likely N-dealkylation sites (N-methyl/N-ethyl adjacent to an activating group) is 1. The van der Waals surface area contributed by atoms with E-state index in [1.165, 1.54) is 0 Å². The second-order valence-electron chi connectivity index (χ2n) is 5.53. The van der Waals surface area contributed by atoms with Crippen molar-refractivity contribution >= 4 is 28.6 Å². The van der Waals surface area contributed by atoms with Gasteiger partial charge in [-0.3, -0.25) is 4.79 Å². The Hall–Kier alpha value is -2.60. The summed E-state index contributed by atoms with van der Waals surface area (Å²) >= 11 is 1.54. The summed E-state index contributed by atoms with van der Waals surface area (Å²) in [5, 5.41) is 13.9.